The summed E-state index contributed by atoms with van der Waals surface area (Å²) in [4.78, 5) is 8.10. The number of hydrogen-bond acceptors (Lipinski definition) is 4. The monoisotopic (exact) mass is 321 g/mol. The molecule has 9 heteroatoms. The number of alkyl halides is 3. The second-order valence-electron chi connectivity index (χ2n) is 5.10. The molecule has 22 heavy (non-hydrogen) atoms. The van der Waals surface area contributed by atoms with E-state index in [0.717, 1.165) is 0 Å². The van der Waals surface area contributed by atoms with Crippen LogP contribution in [0.15, 0.2) is 9.52 Å². The van der Waals surface area contributed by atoms with Gasteiger partial charge in [0.05, 0.1) is 6.42 Å². The molecule has 1 rings (SSSR count). The third-order valence-electron chi connectivity index (χ3n) is 2.78. The van der Waals surface area contributed by atoms with Crippen molar-refractivity contribution in [2.75, 3.05) is 20.1 Å². The van der Waals surface area contributed by atoms with Crippen molar-refractivity contribution in [1.82, 2.24) is 20.8 Å². The van der Waals surface area contributed by atoms with Gasteiger partial charge >= 0.3 is 6.18 Å². The molecule has 0 unspecified atom stereocenters. The molecule has 0 radical (unpaired) electrons. The maximum absolute atomic E-state index is 12.0. The van der Waals surface area contributed by atoms with Gasteiger partial charge < -0.3 is 15.2 Å². The Kier molecular flexibility index (Phi) is 7.13. The van der Waals surface area contributed by atoms with Gasteiger partial charge in [-0.05, 0) is 6.42 Å². The molecule has 0 saturated carbocycles. The Bertz CT molecular complexity index is 470. The third-order valence-corrected chi connectivity index (χ3v) is 2.78. The van der Waals surface area contributed by atoms with Crippen molar-refractivity contribution in [3.8, 4) is 0 Å². The summed E-state index contributed by atoms with van der Waals surface area (Å²) in [5.74, 6) is 1.79. The summed E-state index contributed by atoms with van der Waals surface area (Å²) in [6.07, 6.45) is -3.75. The van der Waals surface area contributed by atoms with Crippen molar-refractivity contribution in [1.29, 1.82) is 0 Å². The van der Waals surface area contributed by atoms with E-state index in [1.54, 1.807) is 0 Å². The predicted octanol–water partition coefficient (Wildman–Crippen LogP) is 2.24. The first-order valence-corrected chi connectivity index (χ1v) is 7.15. The molecular formula is C13H22F3N5O. The summed E-state index contributed by atoms with van der Waals surface area (Å²) < 4.78 is 41.2. The number of rotatable bonds is 7. The van der Waals surface area contributed by atoms with Crippen molar-refractivity contribution in [3.05, 3.63) is 11.7 Å². The molecular weight excluding hydrogens is 299 g/mol. The minimum atomic E-state index is -4.17. The summed E-state index contributed by atoms with van der Waals surface area (Å²) in [6, 6.07) is 0. The molecule has 0 aliphatic heterocycles. The highest BCUT2D eigenvalue weighted by Gasteiger charge is 2.26. The smallest absolute Gasteiger partial charge is 0.356 e. The quantitative estimate of drug-likeness (QED) is 0.458. The first-order valence-electron chi connectivity index (χ1n) is 7.15. The van der Waals surface area contributed by atoms with E-state index >= 15 is 0 Å². The normalized spacial score (nSPS) is 12.8. The molecule has 0 aliphatic carbocycles. The zero-order valence-corrected chi connectivity index (χ0v) is 13.0. The minimum absolute atomic E-state index is 0.204. The van der Waals surface area contributed by atoms with Crippen LogP contribution in [0, 0.1) is 0 Å². The Morgan fingerprint density at radius 3 is 2.50 bits per heavy atom. The van der Waals surface area contributed by atoms with E-state index in [4.69, 9.17) is 4.52 Å². The van der Waals surface area contributed by atoms with Crippen LogP contribution in [-0.4, -0.2) is 42.4 Å². The number of hydrogen-bond donors (Lipinski definition) is 2. The summed E-state index contributed by atoms with van der Waals surface area (Å²) >= 11 is 0. The second-order valence-corrected chi connectivity index (χ2v) is 5.10. The minimum Gasteiger partial charge on any atom is -0.356 e. The summed E-state index contributed by atoms with van der Waals surface area (Å²) in [5.41, 5.74) is 0. The van der Waals surface area contributed by atoms with Crippen LogP contribution in [0.1, 0.15) is 44.3 Å². The van der Waals surface area contributed by atoms with Gasteiger partial charge in [-0.3, -0.25) is 4.99 Å². The molecule has 1 aromatic rings. The topological polar surface area (TPSA) is 75.3 Å². The Morgan fingerprint density at radius 1 is 1.27 bits per heavy atom. The molecule has 0 spiro atoms. The lowest BCUT2D eigenvalue weighted by Crippen LogP contribution is -2.39. The maximum Gasteiger partial charge on any atom is 0.390 e. The molecule has 0 fully saturated rings. The van der Waals surface area contributed by atoms with Gasteiger partial charge in [0.25, 0.3) is 0 Å². The Morgan fingerprint density at radius 2 is 1.95 bits per heavy atom. The molecule has 0 amide bonds. The van der Waals surface area contributed by atoms with Crippen LogP contribution < -0.4 is 10.6 Å². The molecule has 1 aromatic heterocycles. The van der Waals surface area contributed by atoms with Crippen molar-refractivity contribution >= 4 is 5.96 Å². The number of nitrogens with one attached hydrogen (secondary N) is 2. The van der Waals surface area contributed by atoms with Crippen molar-refractivity contribution in [2.24, 2.45) is 4.99 Å². The molecule has 2 N–H and O–H groups in total. The lowest BCUT2D eigenvalue weighted by molar-refractivity contribution is -0.132. The first-order chi connectivity index (χ1) is 10.3. The number of aromatic nitrogens is 2. The summed E-state index contributed by atoms with van der Waals surface area (Å²) in [6.45, 7) is 4.30. The number of nitrogens with zero attached hydrogens (tertiary/aromatic N) is 3. The lowest BCUT2D eigenvalue weighted by atomic mass is 10.2. The van der Waals surface area contributed by atoms with Crippen LogP contribution in [0.4, 0.5) is 13.2 Å². The van der Waals surface area contributed by atoms with Crippen molar-refractivity contribution in [2.45, 2.75) is 45.2 Å². The second kappa shape index (κ2) is 8.60. The van der Waals surface area contributed by atoms with E-state index in [9.17, 15) is 13.2 Å². The zero-order chi connectivity index (χ0) is 16.6. The molecule has 0 saturated heterocycles. The standard InChI is InChI=1S/C13H22F3N5O/c1-9(2)11-20-10(22-21-11)5-4-7-18-12(17-3)19-8-6-13(14,15)16/h9H,4-8H2,1-3H3,(H2,17,18,19). The first kappa shape index (κ1) is 18.2. The van der Waals surface area contributed by atoms with E-state index in [0.29, 0.717) is 37.1 Å². The molecule has 0 bridgehead atoms. The van der Waals surface area contributed by atoms with Gasteiger partial charge in [-0.15, -0.1) is 0 Å². The zero-order valence-electron chi connectivity index (χ0n) is 13.0. The lowest BCUT2D eigenvalue weighted by Gasteiger charge is -2.12. The van der Waals surface area contributed by atoms with E-state index in [1.165, 1.54) is 7.05 Å². The van der Waals surface area contributed by atoms with Crippen LogP contribution >= 0.6 is 0 Å². The Labute approximate surface area is 127 Å². The van der Waals surface area contributed by atoms with Gasteiger partial charge in [0.15, 0.2) is 11.8 Å². The van der Waals surface area contributed by atoms with E-state index in [2.05, 4.69) is 25.8 Å². The molecule has 0 aliphatic rings. The highest BCUT2D eigenvalue weighted by Crippen LogP contribution is 2.18. The molecule has 1 heterocycles. The van der Waals surface area contributed by atoms with Gasteiger partial charge in [-0.1, -0.05) is 19.0 Å². The van der Waals surface area contributed by atoms with Gasteiger partial charge in [0, 0.05) is 32.5 Å². The third kappa shape index (κ3) is 7.28. The van der Waals surface area contributed by atoms with Crippen molar-refractivity contribution in [3.63, 3.8) is 0 Å². The highest BCUT2D eigenvalue weighted by atomic mass is 19.4. The Hall–Kier alpha value is -1.80. The molecule has 0 aromatic carbocycles. The van der Waals surface area contributed by atoms with Gasteiger partial charge in [-0.25, -0.2) is 0 Å². The number of aliphatic imine (C=N–C) groups is 1. The molecule has 6 nitrogen and oxygen atoms in total. The summed E-state index contributed by atoms with van der Waals surface area (Å²) in [5, 5.41) is 9.41. The van der Waals surface area contributed by atoms with E-state index in [-0.39, 0.29) is 12.5 Å². The highest BCUT2D eigenvalue weighted by molar-refractivity contribution is 5.79. The van der Waals surface area contributed by atoms with E-state index < -0.39 is 12.6 Å². The number of halogens is 3. The van der Waals surface area contributed by atoms with Crippen LogP contribution in [0.5, 0.6) is 0 Å². The summed E-state index contributed by atoms with van der Waals surface area (Å²) in [7, 11) is 1.51. The molecule has 0 atom stereocenters. The van der Waals surface area contributed by atoms with Crippen LogP contribution in [0.3, 0.4) is 0 Å². The fraction of sp³-hybridized carbons (Fsp3) is 0.769. The van der Waals surface area contributed by atoms with Gasteiger partial charge in [0.1, 0.15) is 0 Å². The average Bonchev–Trinajstić information content (AvgIpc) is 2.89. The van der Waals surface area contributed by atoms with Crippen LogP contribution in [0.2, 0.25) is 0 Å². The fourth-order valence-electron chi connectivity index (χ4n) is 1.59. The van der Waals surface area contributed by atoms with Gasteiger partial charge in [-0.2, -0.15) is 18.2 Å². The predicted molar refractivity (Wildman–Crippen MR) is 76.7 cm³/mol. The molecule has 126 valence electrons. The number of guanidine groups is 1. The maximum atomic E-state index is 12.0. The van der Waals surface area contributed by atoms with Crippen LogP contribution in [0.25, 0.3) is 0 Å². The number of aryl methyl sites for hydroxylation is 1. The Balaban J connectivity index is 2.21. The fourth-order valence-corrected chi connectivity index (χ4v) is 1.59. The SMILES string of the molecule is CN=C(NCCCc1nc(C(C)C)no1)NCCC(F)(F)F. The van der Waals surface area contributed by atoms with E-state index in [1.807, 2.05) is 13.8 Å². The van der Waals surface area contributed by atoms with Crippen molar-refractivity contribution < 1.29 is 17.7 Å². The van der Waals surface area contributed by atoms with Crippen LogP contribution in [-0.2, 0) is 6.42 Å². The average molecular weight is 321 g/mol. The largest absolute Gasteiger partial charge is 0.390 e. The van der Waals surface area contributed by atoms with Gasteiger partial charge in [0.2, 0.25) is 5.89 Å².